The molecule has 40 heavy (non-hydrogen) atoms. The molecule has 0 atom stereocenters. The molecule has 206 valence electrons. The van der Waals surface area contributed by atoms with Gasteiger partial charge in [0.2, 0.25) is 5.43 Å². The van der Waals surface area contributed by atoms with E-state index in [1.807, 2.05) is 0 Å². The van der Waals surface area contributed by atoms with E-state index in [9.17, 15) is 29.7 Å². The first-order valence-corrected chi connectivity index (χ1v) is 13.3. The zero-order valence-corrected chi connectivity index (χ0v) is 23.9. The summed E-state index contributed by atoms with van der Waals surface area (Å²) in [6.45, 7) is 3.87. The van der Waals surface area contributed by atoms with Crippen molar-refractivity contribution in [2.24, 2.45) is 0 Å². The zero-order chi connectivity index (χ0) is 29.5. The second-order valence-corrected chi connectivity index (χ2v) is 10.5. The highest BCUT2D eigenvalue weighted by Gasteiger charge is 2.32. The van der Waals surface area contributed by atoms with Gasteiger partial charge in [-0.3, -0.25) is 9.59 Å². The Hall–Kier alpha value is -3.20. The molecule has 4 rings (SSSR count). The maximum Gasteiger partial charge on any atom is 0.337 e. The van der Waals surface area contributed by atoms with E-state index in [2.05, 4.69) is 6.58 Å². The normalized spacial score (nSPS) is 16.2. The Morgan fingerprint density at radius 1 is 0.925 bits per heavy atom. The summed E-state index contributed by atoms with van der Waals surface area (Å²) in [7, 11) is 0. The molecule has 7 nitrogen and oxygen atoms in total. The summed E-state index contributed by atoms with van der Waals surface area (Å²) >= 11 is 32.1. The minimum Gasteiger partial charge on any atom is -0.508 e. The lowest BCUT2D eigenvalue weighted by Gasteiger charge is -2.23. The summed E-state index contributed by atoms with van der Waals surface area (Å²) in [4.78, 5) is 36.8. The molecular weight excluding hydrogens is 626 g/mol. The van der Waals surface area contributed by atoms with Crippen LogP contribution in [0.15, 0.2) is 57.5 Å². The van der Waals surface area contributed by atoms with Crippen LogP contribution in [0, 0.1) is 0 Å². The summed E-state index contributed by atoms with van der Waals surface area (Å²) in [6, 6.07) is 1.38. The van der Waals surface area contributed by atoms with Gasteiger partial charge in [-0.15, -0.1) is 0 Å². The molecule has 0 unspecified atom stereocenters. The molecule has 0 saturated heterocycles. The summed E-state index contributed by atoms with van der Waals surface area (Å²) in [5.41, 5.74) is -0.209. The predicted molar refractivity (Wildman–Crippen MR) is 157 cm³/mol. The van der Waals surface area contributed by atoms with Gasteiger partial charge < -0.3 is 19.7 Å². The Balaban J connectivity index is 2.27. The van der Waals surface area contributed by atoms with E-state index in [1.165, 1.54) is 18.2 Å². The van der Waals surface area contributed by atoms with Crippen LogP contribution < -0.4 is 5.43 Å². The summed E-state index contributed by atoms with van der Waals surface area (Å²) < 4.78 is 6.10. The van der Waals surface area contributed by atoms with Crippen molar-refractivity contribution in [1.29, 1.82) is 0 Å². The van der Waals surface area contributed by atoms with Gasteiger partial charge in [-0.25, -0.2) is 4.79 Å². The molecule has 12 heteroatoms. The van der Waals surface area contributed by atoms with E-state index >= 15 is 0 Å². The third-order valence-corrected chi connectivity index (χ3v) is 8.19. The minimum absolute atomic E-state index is 0.0523. The van der Waals surface area contributed by atoms with Gasteiger partial charge in [-0.2, -0.15) is 0 Å². The van der Waals surface area contributed by atoms with Crippen molar-refractivity contribution in [2.45, 2.75) is 19.3 Å². The van der Waals surface area contributed by atoms with Crippen LogP contribution in [0.4, 0.5) is 0 Å². The largest absolute Gasteiger partial charge is 0.508 e. The van der Waals surface area contributed by atoms with Gasteiger partial charge >= 0.3 is 11.9 Å². The van der Waals surface area contributed by atoms with E-state index in [1.54, 1.807) is 18.2 Å². The number of carboxylic acid groups (broad SMARTS) is 2. The molecule has 1 heterocycles. The topological polar surface area (TPSA) is 125 Å². The second-order valence-electron chi connectivity index (χ2n) is 8.66. The van der Waals surface area contributed by atoms with Gasteiger partial charge in [0.05, 0.1) is 25.7 Å². The molecule has 0 aromatic heterocycles. The molecule has 1 aromatic rings. The number of aliphatic hydroxyl groups excluding tert-OH is 1. The fourth-order valence-electron chi connectivity index (χ4n) is 4.27. The molecule has 0 radical (unpaired) electrons. The lowest BCUT2D eigenvalue weighted by Crippen LogP contribution is -2.15. The number of carboxylic acids is 2. The molecule has 0 bridgehead atoms. The number of halogens is 5. The summed E-state index contributed by atoms with van der Waals surface area (Å²) in [5.74, 6) is -2.57. The van der Waals surface area contributed by atoms with Gasteiger partial charge in [-0.05, 0) is 30.2 Å². The number of aliphatic carboxylic acids is 1. The Bertz CT molecular complexity index is 1730. The Labute approximate surface area is 252 Å². The Morgan fingerprint density at radius 2 is 1.60 bits per heavy atom. The number of aliphatic hydroxyl groups is 1. The maximum absolute atomic E-state index is 13.1. The fourth-order valence-corrected chi connectivity index (χ4v) is 5.56. The predicted octanol–water partition coefficient (Wildman–Crippen LogP) is 8.52. The Morgan fingerprint density at radius 3 is 2.25 bits per heavy atom. The molecule has 0 spiro atoms. The van der Waals surface area contributed by atoms with E-state index in [-0.39, 0.29) is 83.9 Å². The lowest BCUT2D eigenvalue weighted by molar-refractivity contribution is -0.136. The van der Waals surface area contributed by atoms with Crippen LogP contribution in [0.1, 0.15) is 33.7 Å². The fraction of sp³-hybridized carbons (Fsp3) is 0.107. The first-order chi connectivity index (χ1) is 18.8. The minimum atomic E-state index is -1.47. The highest BCUT2D eigenvalue weighted by molar-refractivity contribution is 6.54. The van der Waals surface area contributed by atoms with Crippen LogP contribution in [0.5, 0.6) is 0 Å². The summed E-state index contributed by atoms with van der Waals surface area (Å²) in [6.07, 6.45) is 7.03. The van der Waals surface area contributed by atoms with Gasteiger partial charge in [0.25, 0.3) is 0 Å². The standard InChI is InChI=1S/C28H17Cl5O7/c1-11-5-7-14-16(4-2-3-13(34)9-11)40-27-15(10-12(6-8-17(35)36)26(37)25(27)33)18(14)19-20(28(38)39)22(30)24(32)23(31)21(19)29/h2-3,5,7,9-10,34H,1,4,6,8H2,(H,35,36)(H,38,39)/b3-2-,7-5-,13-9+. The molecule has 1 aliphatic heterocycles. The van der Waals surface area contributed by atoms with Crippen molar-refractivity contribution < 1.29 is 29.3 Å². The molecule has 3 aliphatic rings. The first kappa shape index (κ1) is 29.8. The number of rotatable bonds is 5. The third-order valence-electron chi connectivity index (χ3n) is 6.05. The van der Waals surface area contributed by atoms with Gasteiger partial charge in [-0.1, -0.05) is 82.8 Å². The molecule has 0 amide bonds. The van der Waals surface area contributed by atoms with Crippen molar-refractivity contribution in [3.8, 4) is 22.5 Å². The average molecular weight is 643 g/mol. The second kappa shape index (κ2) is 11.7. The van der Waals surface area contributed by atoms with Crippen molar-refractivity contribution >= 4 is 76.0 Å². The van der Waals surface area contributed by atoms with E-state index in [0.717, 1.165) is 0 Å². The van der Waals surface area contributed by atoms with Crippen LogP contribution >= 0.6 is 58.0 Å². The number of hydrogen-bond donors (Lipinski definition) is 3. The zero-order valence-electron chi connectivity index (χ0n) is 20.2. The number of aryl methyl sites for hydroxylation is 1. The van der Waals surface area contributed by atoms with E-state index < -0.39 is 22.9 Å². The van der Waals surface area contributed by atoms with Crippen LogP contribution in [0.25, 0.3) is 28.5 Å². The maximum atomic E-state index is 13.1. The Kier molecular flexibility index (Phi) is 8.73. The van der Waals surface area contributed by atoms with E-state index in [4.69, 9.17) is 62.4 Å². The number of carbonyl (C=O) groups is 2. The van der Waals surface area contributed by atoms with Crippen molar-refractivity contribution in [3.63, 3.8) is 0 Å². The number of benzene rings is 2. The van der Waals surface area contributed by atoms with Gasteiger partial charge in [0, 0.05) is 40.7 Å². The van der Waals surface area contributed by atoms with Crippen LogP contribution in [0.2, 0.25) is 25.1 Å². The number of hydrogen-bond acceptors (Lipinski definition) is 5. The average Bonchev–Trinajstić information content (AvgIpc) is 2.89. The molecule has 0 fully saturated rings. The van der Waals surface area contributed by atoms with Crippen LogP contribution in [0.3, 0.4) is 0 Å². The third kappa shape index (κ3) is 5.53. The highest BCUT2D eigenvalue weighted by atomic mass is 35.5. The van der Waals surface area contributed by atoms with Crippen molar-refractivity contribution in [3.05, 3.63) is 106 Å². The summed E-state index contributed by atoms with van der Waals surface area (Å²) in [5, 5.41) is 28.0. The quantitative estimate of drug-likeness (QED) is 0.188. The van der Waals surface area contributed by atoms with Crippen molar-refractivity contribution in [1.82, 2.24) is 0 Å². The highest BCUT2D eigenvalue weighted by Crippen LogP contribution is 2.51. The first-order valence-electron chi connectivity index (χ1n) is 11.4. The number of fused-ring (bicyclic) bond motifs is 2. The molecule has 1 aromatic carbocycles. The van der Waals surface area contributed by atoms with E-state index in [0.29, 0.717) is 11.1 Å². The van der Waals surface area contributed by atoms with Gasteiger partial charge in [0.1, 0.15) is 16.5 Å². The number of allylic oxidation sites excluding steroid dienone is 5. The van der Waals surface area contributed by atoms with Gasteiger partial charge in [0.15, 0.2) is 5.76 Å². The monoisotopic (exact) mass is 640 g/mol. The molecule has 0 saturated carbocycles. The molecule has 2 aliphatic carbocycles. The molecule has 3 N–H and O–H groups in total. The molecular formula is C28H17Cl5O7. The lowest BCUT2D eigenvalue weighted by atomic mass is 9.87. The number of aromatic carboxylic acids is 1. The smallest absolute Gasteiger partial charge is 0.337 e. The van der Waals surface area contributed by atoms with Crippen LogP contribution in [-0.2, 0) is 17.6 Å². The SMILES string of the molecule is C=C1/C=C\c2c(oc3c(Cl)c(=O)c(CCC(=O)O)cc-3c2-c2c(Cl)c(Cl)c(Cl)c(Cl)c2C(=O)O)C/C=C\C(O)=C/1. The van der Waals surface area contributed by atoms with Crippen molar-refractivity contribution in [2.75, 3.05) is 0 Å². The van der Waals surface area contributed by atoms with Crippen LogP contribution in [-0.4, -0.2) is 27.3 Å².